The maximum Gasteiger partial charge on any atom is 0.419 e. The summed E-state index contributed by atoms with van der Waals surface area (Å²) < 4.78 is 16.2. The van der Waals surface area contributed by atoms with Gasteiger partial charge in [-0.1, -0.05) is 24.6 Å². The zero-order chi connectivity index (χ0) is 31.3. The molecule has 13 heteroatoms. The van der Waals surface area contributed by atoms with Crippen LogP contribution in [0.25, 0.3) is 22.1 Å². The number of ether oxygens (including phenoxy) is 2. The Bertz CT molecular complexity index is 1820. The predicted molar refractivity (Wildman–Crippen MR) is 161 cm³/mol. The van der Waals surface area contributed by atoms with Crippen LogP contribution < -0.4 is 16.6 Å². The summed E-state index contributed by atoms with van der Waals surface area (Å²) in [4.78, 5) is 57.4. The number of fused-ring (bicyclic) bond motifs is 2. The van der Waals surface area contributed by atoms with E-state index in [1.54, 1.807) is 77.4 Å². The summed E-state index contributed by atoms with van der Waals surface area (Å²) in [7, 11) is 3.21. The molecule has 42 heavy (non-hydrogen) atoms. The lowest BCUT2D eigenvalue weighted by molar-refractivity contribution is 0.0518. The lowest BCUT2D eigenvalue weighted by Crippen LogP contribution is -2.40. The van der Waals surface area contributed by atoms with Crippen LogP contribution >= 0.6 is 11.6 Å². The summed E-state index contributed by atoms with van der Waals surface area (Å²) in [5.41, 5.74) is -1.36. The monoisotopic (exact) mass is 600 g/mol. The fraction of sp³-hybridized carbons (Fsp3) is 0.483. The maximum absolute atomic E-state index is 13.8. The standard InChI is InChI=1S/C29H37ClN6O6/c1-16(14-31-25(38)41-28(2,3)4)22-32-23-21(33(22)8)24(37)35(26(39)34(23)9)15-17-13-18-19(30)11-10-12-20(18)36(17)27(40)42-29(5,6)7/h10-13,16H,14-15H2,1-9H3,(H,31,38). The number of nitrogens with one attached hydrogen (secondary N) is 1. The number of aromatic nitrogens is 5. The van der Waals surface area contributed by atoms with Crippen LogP contribution in [0.3, 0.4) is 0 Å². The minimum atomic E-state index is -0.782. The number of rotatable bonds is 5. The molecular weight excluding hydrogens is 564 g/mol. The Morgan fingerprint density at radius 3 is 2.29 bits per heavy atom. The molecule has 0 aliphatic rings. The van der Waals surface area contributed by atoms with Crippen molar-refractivity contribution in [2.75, 3.05) is 6.54 Å². The number of amides is 1. The molecule has 4 rings (SSSR count). The molecule has 0 saturated carbocycles. The summed E-state index contributed by atoms with van der Waals surface area (Å²) in [5, 5.41) is 3.72. The van der Waals surface area contributed by atoms with Gasteiger partial charge in [0.2, 0.25) is 0 Å². The van der Waals surface area contributed by atoms with E-state index in [4.69, 9.17) is 21.1 Å². The number of halogens is 1. The highest BCUT2D eigenvalue weighted by Crippen LogP contribution is 2.28. The van der Waals surface area contributed by atoms with Crippen LogP contribution in [-0.4, -0.2) is 53.2 Å². The molecule has 226 valence electrons. The zero-order valence-corrected chi connectivity index (χ0v) is 26.1. The number of nitrogens with zero attached hydrogens (tertiary/aromatic N) is 5. The molecule has 4 aromatic rings. The van der Waals surface area contributed by atoms with Gasteiger partial charge in [-0.2, -0.15) is 0 Å². The van der Waals surface area contributed by atoms with Crippen molar-refractivity contribution in [3.8, 4) is 0 Å². The molecule has 0 spiro atoms. The van der Waals surface area contributed by atoms with Gasteiger partial charge in [-0.25, -0.2) is 23.9 Å². The summed E-state index contributed by atoms with van der Waals surface area (Å²) >= 11 is 6.43. The third-order valence-corrected chi connectivity index (χ3v) is 6.88. The van der Waals surface area contributed by atoms with Crippen LogP contribution in [-0.2, 0) is 30.1 Å². The normalized spacial score (nSPS) is 13.0. The van der Waals surface area contributed by atoms with E-state index in [1.165, 1.54) is 16.2 Å². The van der Waals surface area contributed by atoms with Crippen LogP contribution in [0.5, 0.6) is 0 Å². The summed E-state index contributed by atoms with van der Waals surface area (Å²) in [6.07, 6.45) is -1.22. The van der Waals surface area contributed by atoms with E-state index in [1.807, 2.05) is 6.92 Å². The number of imidazole rings is 1. The molecule has 1 amide bonds. The Balaban J connectivity index is 1.78. The fourth-order valence-electron chi connectivity index (χ4n) is 4.73. The van der Waals surface area contributed by atoms with Gasteiger partial charge in [0.15, 0.2) is 11.2 Å². The Labute approximate surface area is 247 Å². The highest BCUT2D eigenvalue weighted by Gasteiger charge is 2.26. The highest BCUT2D eigenvalue weighted by atomic mass is 35.5. The van der Waals surface area contributed by atoms with E-state index >= 15 is 0 Å². The van der Waals surface area contributed by atoms with Crippen molar-refractivity contribution in [3.63, 3.8) is 0 Å². The Morgan fingerprint density at radius 2 is 1.67 bits per heavy atom. The second-order valence-electron chi connectivity index (χ2n) is 12.3. The molecule has 3 heterocycles. The molecule has 0 aliphatic carbocycles. The van der Waals surface area contributed by atoms with Crippen LogP contribution in [0.15, 0.2) is 33.9 Å². The van der Waals surface area contributed by atoms with E-state index in [-0.39, 0.29) is 30.2 Å². The van der Waals surface area contributed by atoms with Crippen LogP contribution in [0.2, 0.25) is 5.02 Å². The Kier molecular flexibility index (Phi) is 8.07. The lowest BCUT2D eigenvalue weighted by Gasteiger charge is -2.21. The third-order valence-electron chi connectivity index (χ3n) is 6.55. The first-order valence-electron chi connectivity index (χ1n) is 13.5. The fourth-order valence-corrected chi connectivity index (χ4v) is 4.96. The van der Waals surface area contributed by atoms with E-state index < -0.39 is 34.6 Å². The molecule has 1 N–H and O–H groups in total. The van der Waals surface area contributed by atoms with Crippen LogP contribution in [0.4, 0.5) is 9.59 Å². The minimum Gasteiger partial charge on any atom is -0.444 e. The molecule has 0 fully saturated rings. The molecular formula is C29H37ClN6O6. The first-order valence-corrected chi connectivity index (χ1v) is 13.9. The van der Waals surface area contributed by atoms with E-state index in [0.29, 0.717) is 27.4 Å². The molecule has 0 bridgehead atoms. The van der Waals surface area contributed by atoms with Gasteiger partial charge >= 0.3 is 17.9 Å². The number of carbonyl (C=O) groups is 2. The maximum atomic E-state index is 13.8. The summed E-state index contributed by atoms with van der Waals surface area (Å²) in [5.74, 6) is 0.190. The van der Waals surface area contributed by atoms with Gasteiger partial charge in [0.25, 0.3) is 5.56 Å². The van der Waals surface area contributed by atoms with E-state index in [9.17, 15) is 19.2 Å². The average molecular weight is 601 g/mol. The number of alkyl carbamates (subject to hydrolysis) is 1. The minimum absolute atomic E-state index is 0.199. The van der Waals surface area contributed by atoms with Gasteiger partial charge in [0.05, 0.1) is 17.8 Å². The zero-order valence-electron chi connectivity index (χ0n) is 25.4. The Hall–Kier alpha value is -4.06. The van der Waals surface area contributed by atoms with Crippen molar-refractivity contribution < 1.29 is 19.1 Å². The Morgan fingerprint density at radius 1 is 1.02 bits per heavy atom. The molecule has 1 atom stereocenters. The molecule has 0 radical (unpaired) electrons. The van der Waals surface area contributed by atoms with Gasteiger partial charge < -0.3 is 19.4 Å². The van der Waals surface area contributed by atoms with Crippen molar-refractivity contribution >= 4 is 45.9 Å². The van der Waals surface area contributed by atoms with Crippen molar-refractivity contribution in [3.05, 3.63) is 61.6 Å². The summed E-state index contributed by atoms with van der Waals surface area (Å²) in [6, 6.07) is 6.80. The van der Waals surface area contributed by atoms with E-state index in [2.05, 4.69) is 10.3 Å². The smallest absolute Gasteiger partial charge is 0.419 e. The van der Waals surface area contributed by atoms with Gasteiger partial charge in [-0.15, -0.1) is 0 Å². The molecule has 3 aromatic heterocycles. The molecule has 1 aromatic carbocycles. The quantitative estimate of drug-likeness (QED) is 0.357. The van der Waals surface area contributed by atoms with Crippen molar-refractivity contribution in [1.82, 2.24) is 28.6 Å². The number of benzene rings is 1. The highest BCUT2D eigenvalue weighted by molar-refractivity contribution is 6.35. The van der Waals surface area contributed by atoms with Crippen molar-refractivity contribution in [1.29, 1.82) is 0 Å². The van der Waals surface area contributed by atoms with Crippen molar-refractivity contribution in [2.45, 2.75) is 72.1 Å². The van der Waals surface area contributed by atoms with Gasteiger partial charge in [-0.05, 0) is 59.7 Å². The second kappa shape index (κ2) is 11.0. The molecule has 0 saturated heterocycles. The predicted octanol–water partition coefficient (Wildman–Crippen LogP) is 4.50. The lowest BCUT2D eigenvalue weighted by atomic mass is 10.1. The number of hydrogen-bond donors (Lipinski definition) is 1. The molecule has 0 aliphatic heterocycles. The van der Waals surface area contributed by atoms with Crippen LogP contribution in [0.1, 0.15) is 65.9 Å². The number of aryl methyl sites for hydroxylation is 2. The topological polar surface area (TPSA) is 131 Å². The van der Waals surface area contributed by atoms with Gasteiger partial charge in [0.1, 0.15) is 17.0 Å². The van der Waals surface area contributed by atoms with E-state index in [0.717, 1.165) is 4.57 Å². The first kappa shape index (κ1) is 30.9. The molecule has 12 nitrogen and oxygen atoms in total. The average Bonchev–Trinajstić information content (AvgIpc) is 3.40. The third kappa shape index (κ3) is 6.08. The summed E-state index contributed by atoms with van der Waals surface area (Å²) in [6.45, 7) is 12.4. The largest absolute Gasteiger partial charge is 0.444 e. The van der Waals surface area contributed by atoms with Gasteiger partial charge in [-0.3, -0.25) is 13.9 Å². The van der Waals surface area contributed by atoms with Gasteiger partial charge in [0, 0.05) is 37.0 Å². The number of carbonyl (C=O) groups excluding carboxylic acids is 2. The number of hydrogen-bond acceptors (Lipinski definition) is 7. The van der Waals surface area contributed by atoms with Crippen molar-refractivity contribution in [2.24, 2.45) is 14.1 Å². The first-order chi connectivity index (χ1) is 19.4. The second-order valence-corrected chi connectivity index (χ2v) is 12.7. The SMILES string of the molecule is CC(CNC(=O)OC(C)(C)C)c1nc2c(c(=O)n(Cc3cc4c(Cl)cccc4n3C(=O)OC(C)(C)C)c(=O)n2C)n1C. The van der Waals surface area contributed by atoms with Crippen LogP contribution in [0, 0.1) is 0 Å². The molecule has 1 unspecified atom stereocenters.